The second-order valence-electron chi connectivity index (χ2n) is 6.92. The fourth-order valence-electron chi connectivity index (χ4n) is 3.64. The van der Waals surface area contributed by atoms with Gasteiger partial charge in [0.05, 0.1) is 18.1 Å². The second kappa shape index (κ2) is 8.37. The van der Waals surface area contributed by atoms with Gasteiger partial charge in [0.25, 0.3) is 0 Å². The predicted molar refractivity (Wildman–Crippen MR) is 98.6 cm³/mol. The molecular formula is C19H28N2O2S. The Morgan fingerprint density at radius 3 is 2.79 bits per heavy atom. The maximum atomic E-state index is 12.4. The lowest BCUT2D eigenvalue weighted by Crippen LogP contribution is -2.45. The van der Waals surface area contributed by atoms with Crippen LogP contribution in [-0.4, -0.2) is 54.9 Å². The first kappa shape index (κ1) is 17.8. The number of nitrogens with one attached hydrogen (secondary N) is 1. The number of amides is 1. The van der Waals surface area contributed by atoms with Crippen molar-refractivity contribution in [2.24, 2.45) is 0 Å². The predicted octanol–water partition coefficient (Wildman–Crippen LogP) is 2.88. The van der Waals surface area contributed by atoms with Crippen molar-refractivity contribution in [1.29, 1.82) is 0 Å². The third-order valence-corrected chi connectivity index (χ3v) is 5.89. The molecule has 3 atom stereocenters. The third-order valence-electron chi connectivity index (χ3n) is 4.71. The highest BCUT2D eigenvalue weighted by atomic mass is 32.2. The number of ether oxygens (including phenoxy) is 1. The monoisotopic (exact) mass is 348 g/mol. The first-order valence-electron chi connectivity index (χ1n) is 9.00. The number of fused-ring (bicyclic) bond motifs is 1. The van der Waals surface area contributed by atoms with Crippen LogP contribution in [0.5, 0.6) is 0 Å². The highest BCUT2D eigenvalue weighted by Crippen LogP contribution is 2.39. The highest BCUT2D eigenvalue weighted by molar-refractivity contribution is 7.99. The fourth-order valence-corrected chi connectivity index (χ4v) is 4.87. The van der Waals surface area contributed by atoms with Crippen molar-refractivity contribution in [2.45, 2.75) is 49.7 Å². The molecule has 0 bridgehead atoms. The quantitative estimate of drug-likeness (QED) is 0.803. The van der Waals surface area contributed by atoms with Crippen molar-refractivity contribution in [2.75, 3.05) is 31.9 Å². The summed E-state index contributed by atoms with van der Waals surface area (Å²) in [4.78, 5) is 16.1. The van der Waals surface area contributed by atoms with Gasteiger partial charge in [0, 0.05) is 30.3 Å². The van der Waals surface area contributed by atoms with E-state index in [4.69, 9.17) is 4.74 Å². The van der Waals surface area contributed by atoms with E-state index in [2.05, 4.69) is 36.2 Å². The van der Waals surface area contributed by atoms with Crippen LogP contribution in [0.1, 0.15) is 38.2 Å². The Bertz CT molecular complexity index is 556. The molecule has 0 spiro atoms. The summed E-state index contributed by atoms with van der Waals surface area (Å²) < 4.78 is 5.76. The first-order valence-corrected chi connectivity index (χ1v) is 9.99. The maximum Gasteiger partial charge on any atom is 0.228 e. The lowest BCUT2D eigenvalue weighted by atomic mass is 10.0. The molecule has 24 heavy (non-hydrogen) atoms. The number of nitrogens with zero attached hydrogens (tertiary/aromatic N) is 1. The van der Waals surface area contributed by atoms with Gasteiger partial charge < -0.3 is 10.1 Å². The fraction of sp³-hybridized carbons (Fsp3) is 0.632. The van der Waals surface area contributed by atoms with Crippen LogP contribution < -0.4 is 5.32 Å². The number of benzene rings is 1. The summed E-state index contributed by atoms with van der Waals surface area (Å²) in [5.74, 6) is 1.07. The topological polar surface area (TPSA) is 41.6 Å². The largest absolute Gasteiger partial charge is 0.373 e. The van der Waals surface area contributed by atoms with Gasteiger partial charge in [-0.15, -0.1) is 11.8 Å². The molecule has 2 aliphatic heterocycles. The van der Waals surface area contributed by atoms with E-state index in [1.165, 1.54) is 10.5 Å². The number of hydrogen-bond donors (Lipinski definition) is 1. The van der Waals surface area contributed by atoms with Crippen LogP contribution in [0.15, 0.2) is 29.2 Å². The molecular weight excluding hydrogens is 320 g/mol. The molecule has 0 saturated carbocycles. The molecule has 0 radical (unpaired) electrons. The van der Waals surface area contributed by atoms with E-state index in [1.807, 2.05) is 12.1 Å². The maximum absolute atomic E-state index is 12.4. The summed E-state index contributed by atoms with van der Waals surface area (Å²) >= 11 is 1.79. The van der Waals surface area contributed by atoms with Crippen molar-refractivity contribution in [3.63, 3.8) is 0 Å². The van der Waals surface area contributed by atoms with Gasteiger partial charge >= 0.3 is 0 Å². The van der Waals surface area contributed by atoms with Crippen LogP contribution in [0.4, 0.5) is 0 Å². The average Bonchev–Trinajstić information content (AvgIpc) is 2.97. The molecule has 0 unspecified atom stereocenters. The molecule has 1 amide bonds. The van der Waals surface area contributed by atoms with Gasteiger partial charge in [-0.1, -0.05) is 18.2 Å². The second-order valence-corrected chi connectivity index (χ2v) is 7.98. The molecule has 4 nitrogen and oxygen atoms in total. The van der Waals surface area contributed by atoms with Crippen molar-refractivity contribution < 1.29 is 9.53 Å². The number of carbonyl (C=O) groups is 1. The summed E-state index contributed by atoms with van der Waals surface area (Å²) in [5.41, 5.74) is 1.19. The summed E-state index contributed by atoms with van der Waals surface area (Å²) in [6, 6.07) is 8.26. The molecule has 2 aliphatic rings. The van der Waals surface area contributed by atoms with Gasteiger partial charge in [0.15, 0.2) is 0 Å². The van der Waals surface area contributed by atoms with Crippen LogP contribution in [0, 0.1) is 0 Å². The zero-order valence-electron chi connectivity index (χ0n) is 14.7. The minimum absolute atomic E-state index is 0.0205. The van der Waals surface area contributed by atoms with Gasteiger partial charge in [0.1, 0.15) is 0 Å². The van der Waals surface area contributed by atoms with Gasteiger partial charge in [-0.05, 0) is 44.9 Å². The zero-order chi connectivity index (χ0) is 16.9. The van der Waals surface area contributed by atoms with E-state index in [0.717, 1.165) is 44.8 Å². The van der Waals surface area contributed by atoms with Crippen LogP contribution >= 0.6 is 11.8 Å². The summed E-state index contributed by atoms with van der Waals surface area (Å²) in [5, 5.41) is 3.13. The number of thioether (sulfide) groups is 1. The van der Waals surface area contributed by atoms with E-state index in [-0.39, 0.29) is 11.8 Å². The van der Waals surface area contributed by atoms with E-state index in [1.54, 1.807) is 11.8 Å². The molecule has 1 fully saturated rings. The Kier molecular flexibility index (Phi) is 6.19. The Labute approximate surface area is 149 Å². The lowest BCUT2D eigenvalue weighted by Gasteiger charge is -2.35. The minimum Gasteiger partial charge on any atom is -0.373 e. The van der Waals surface area contributed by atoms with Crippen LogP contribution in [-0.2, 0) is 9.53 Å². The normalized spacial score (nSPS) is 27.0. The SMILES string of the molecule is C[C@@H]1CN(CCCCNC(=O)[C@H]2CSc3ccccc32)C[C@@H](C)O1. The summed E-state index contributed by atoms with van der Waals surface area (Å²) in [6.45, 7) is 8.19. The summed E-state index contributed by atoms with van der Waals surface area (Å²) in [6.07, 6.45) is 2.81. The van der Waals surface area contributed by atoms with Crippen molar-refractivity contribution in [3.8, 4) is 0 Å². The van der Waals surface area contributed by atoms with E-state index < -0.39 is 0 Å². The number of rotatable bonds is 6. The Morgan fingerprint density at radius 2 is 2.00 bits per heavy atom. The molecule has 0 aliphatic carbocycles. The minimum atomic E-state index is 0.0205. The Balaban J connectivity index is 1.35. The molecule has 1 N–H and O–H groups in total. The first-order chi connectivity index (χ1) is 11.6. The van der Waals surface area contributed by atoms with Crippen molar-refractivity contribution in [3.05, 3.63) is 29.8 Å². The van der Waals surface area contributed by atoms with E-state index in [0.29, 0.717) is 12.2 Å². The molecule has 0 aromatic heterocycles. The highest BCUT2D eigenvalue weighted by Gasteiger charge is 2.28. The number of hydrogen-bond acceptors (Lipinski definition) is 4. The third kappa shape index (κ3) is 4.52. The molecule has 3 rings (SSSR count). The summed E-state index contributed by atoms with van der Waals surface area (Å²) in [7, 11) is 0. The molecule has 1 saturated heterocycles. The molecule has 132 valence electrons. The van der Waals surface area contributed by atoms with E-state index >= 15 is 0 Å². The van der Waals surface area contributed by atoms with Gasteiger partial charge in [-0.25, -0.2) is 0 Å². The van der Waals surface area contributed by atoms with Crippen LogP contribution in [0.25, 0.3) is 0 Å². The van der Waals surface area contributed by atoms with Crippen molar-refractivity contribution in [1.82, 2.24) is 10.2 Å². The lowest BCUT2D eigenvalue weighted by molar-refractivity contribution is -0.122. The smallest absolute Gasteiger partial charge is 0.228 e. The Hall–Kier alpha value is -1.04. The molecule has 1 aromatic rings. The van der Waals surface area contributed by atoms with E-state index in [9.17, 15) is 4.79 Å². The van der Waals surface area contributed by atoms with Gasteiger partial charge in [-0.2, -0.15) is 0 Å². The molecule has 2 heterocycles. The standard InChI is InChI=1S/C19H28N2O2S/c1-14-11-21(12-15(2)23-14)10-6-5-9-20-19(22)17-13-24-18-8-4-3-7-16(17)18/h3-4,7-8,14-15,17H,5-6,9-13H2,1-2H3,(H,20,22)/t14-,15-,17+/m1/s1. The molecule has 1 aromatic carbocycles. The van der Waals surface area contributed by atoms with Gasteiger partial charge in [-0.3, -0.25) is 9.69 Å². The number of carbonyl (C=O) groups excluding carboxylic acids is 1. The van der Waals surface area contributed by atoms with Crippen LogP contribution in [0.2, 0.25) is 0 Å². The van der Waals surface area contributed by atoms with Crippen LogP contribution in [0.3, 0.4) is 0 Å². The Morgan fingerprint density at radius 1 is 1.25 bits per heavy atom. The van der Waals surface area contributed by atoms with Gasteiger partial charge in [0.2, 0.25) is 5.91 Å². The number of morpholine rings is 1. The number of unbranched alkanes of at least 4 members (excludes halogenated alkanes) is 1. The van der Waals surface area contributed by atoms with Crippen molar-refractivity contribution >= 4 is 17.7 Å². The zero-order valence-corrected chi connectivity index (χ0v) is 15.5. The average molecular weight is 349 g/mol. The molecule has 5 heteroatoms.